The Morgan fingerprint density at radius 1 is 1.29 bits per heavy atom. The van der Waals surface area contributed by atoms with E-state index in [0.29, 0.717) is 24.0 Å². The van der Waals surface area contributed by atoms with Gasteiger partial charge in [0, 0.05) is 19.1 Å². The maximum atomic E-state index is 12.4. The van der Waals surface area contributed by atoms with Crippen LogP contribution in [-0.4, -0.2) is 21.0 Å². The number of aryl methyl sites for hydroxylation is 1. The van der Waals surface area contributed by atoms with Gasteiger partial charge in [-0.1, -0.05) is 26.8 Å². The van der Waals surface area contributed by atoms with E-state index in [1.54, 1.807) is 12.1 Å². The van der Waals surface area contributed by atoms with Crippen LogP contribution in [0.1, 0.15) is 44.7 Å². The Labute approximate surface area is 128 Å². The van der Waals surface area contributed by atoms with Crippen LogP contribution in [0.5, 0.6) is 0 Å². The zero-order valence-electron chi connectivity index (χ0n) is 13.4. The lowest BCUT2D eigenvalue weighted by molar-refractivity contribution is 0.530. The van der Waals surface area contributed by atoms with E-state index in [1.807, 2.05) is 13.0 Å². The van der Waals surface area contributed by atoms with Crippen LogP contribution in [0.2, 0.25) is 0 Å². The highest BCUT2D eigenvalue weighted by molar-refractivity contribution is 7.89. The highest BCUT2D eigenvalue weighted by Gasteiger charge is 2.38. The standard InChI is InChI=1S/C16H26N2O2S/c1-12(2)17-10-14-9-15(6-5-13(14)3)21(19,20)18-11-16(4)7-8-16/h5-6,9,12,17-18H,7-8,10-11H2,1-4H3. The van der Waals surface area contributed by atoms with Crippen molar-refractivity contribution in [2.45, 2.75) is 58.0 Å². The fourth-order valence-electron chi connectivity index (χ4n) is 2.06. The number of hydrogen-bond acceptors (Lipinski definition) is 3. The molecule has 0 unspecified atom stereocenters. The van der Waals surface area contributed by atoms with Crippen molar-refractivity contribution < 1.29 is 8.42 Å². The zero-order chi connectivity index (χ0) is 15.7. The molecule has 0 spiro atoms. The molecule has 1 aromatic rings. The van der Waals surface area contributed by atoms with Gasteiger partial charge in [-0.2, -0.15) is 0 Å². The second-order valence-corrected chi connectivity index (χ2v) is 8.53. The molecule has 118 valence electrons. The summed E-state index contributed by atoms with van der Waals surface area (Å²) in [5.74, 6) is 0. The van der Waals surface area contributed by atoms with Crippen molar-refractivity contribution in [3.63, 3.8) is 0 Å². The third-order valence-corrected chi connectivity index (χ3v) is 5.52. The highest BCUT2D eigenvalue weighted by Crippen LogP contribution is 2.44. The van der Waals surface area contributed by atoms with Crippen LogP contribution in [-0.2, 0) is 16.6 Å². The van der Waals surface area contributed by atoms with E-state index in [4.69, 9.17) is 0 Å². The Bertz CT molecular complexity index is 605. The first-order valence-corrected chi connectivity index (χ1v) is 9.03. The molecular weight excluding hydrogens is 284 g/mol. The van der Waals surface area contributed by atoms with E-state index in [-0.39, 0.29) is 5.41 Å². The number of nitrogens with one attached hydrogen (secondary N) is 2. The Morgan fingerprint density at radius 2 is 1.95 bits per heavy atom. The molecule has 0 atom stereocenters. The quantitative estimate of drug-likeness (QED) is 0.814. The van der Waals surface area contributed by atoms with Gasteiger partial charge in [0.05, 0.1) is 4.90 Å². The minimum Gasteiger partial charge on any atom is -0.310 e. The van der Waals surface area contributed by atoms with E-state index >= 15 is 0 Å². The van der Waals surface area contributed by atoms with E-state index in [2.05, 4.69) is 30.8 Å². The van der Waals surface area contributed by atoms with E-state index in [9.17, 15) is 8.42 Å². The van der Waals surface area contributed by atoms with Gasteiger partial charge >= 0.3 is 0 Å². The average Bonchev–Trinajstić information content (AvgIpc) is 3.14. The van der Waals surface area contributed by atoms with Crippen LogP contribution in [0, 0.1) is 12.3 Å². The van der Waals surface area contributed by atoms with Crippen molar-refractivity contribution >= 4 is 10.0 Å². The first-order valence-electron chi connectivity index (χ1n) is 7.54. The minimum absolute atomic E-state index is 0.166. The Hall–Kier alpha value is -0.910. The van der Waals surface area contributed by atoms with Gasteiger partial charge in [-0.3, -0.25) is 0 Å². The molecule has 5 heteroatoms. The van der Waals surface area contributed by atoms with Crippen molar-refractivity contribution in [3.05, 3.63) is 29.3 Å². The normalized spacial score (nSPS) is 17.2. The summed E-state index contributed by atoms with van der Waals surface area (Å²) in [5.41, 5.74) is 2.31. The van der Waals surface area contributed by atoms with Gasteiger partial charge in [-0.25, -0.2) is 13.1 Å². The lowest BCUT2D eigenvalue weighted by atomic mass is 10.1. The Balaban J connectivity index is 2.12. The van der Waals surface area contributed by atoms with Crippen molar-refractivity contribution in [2.24, 2.45) is 5.41 Å². The van der Waals surface area contributed by atoms with Crippen molar-refractivity contribution in [1.29, 1.82) is 0 Å². The molecule has 0 aliphatic heterocycles. The van der Waals surface area contributed by atoms with Crippen LogP contribution < -0.4 is 10.0 Å². The smallest absolute Gasteiger partial charge is 0.240 e. The largest absolute Gasteiger partial charge is 0.310 e. The van der Waals surface area contributed by atoms with E-state index in [0.717, 1.165) is 24.0 Å². The summed E-state index contributed by atoms with van der Waals surface area (Å²) in [6, 6.07) is 5.72. The molecule has 4 nitrogen and oxygen atoms in total. The van der Waals surface area contributed by atoms with Crippen LogP contribution in [0.15, 0.2) is 23.1 Å². The molecule has 0 bridgehead atoms. The highest BCUT2D eigenvalue weighted by atomic mass is 32.2. The first kappa shape index (κ1) is 16.5. The lowest BCUT2D eigenvalue weighted by Crippen LogP contribution is -2.29. The molecule has 0 heterocycles. The average molecular weight is 310 g/mol. The van der Waals surface area contributed by atoms with Crippen LogP contribution in [0.4, 0.5) is 0 Å². The molecule has 1 saturated carbocycles. The molecule has 1 aliphatic rings. The molecule has 21 heavy (non-hydrogen) atoms. The van der Waals surface area contributed by atoms with Gasteiger partial charge < -0.3 is 5.32 Å². The molecule has 0 aromatic heterocycles. The summed E-state index contributed by atoms with van der Waals surface area (Å²) in [5, 5.41) is 3.33. The molecule has 0 amide bonds. The molecule has 2 rings (SSSR count). The summed E-state index contributed by atoms with van der Waals surface area (Å²) >= 11 is 0. The van der Waals surface area contributed by atoms with Crippen molar-refractivity contribution in [1.82, 2.24) is 10.0 Å². The number of rotatable bonds is 7. The topological polar surface area (TPSA) is 58.2 Å². The van der Waals surface area contributed by atoms with Gasteiger partial charge in [-0.05, 0) is 48.4 Å². The van der Waals surface area contributed by atoms with Crippen molar-refractivity contribution in [2.75, 3.05) is 6.54 Å². The minimum atomic E-state index is -3.41. The van der Waals surface area contributed by atoms with Crippen LogP contribution in [0.25, 0.3) is 0 Å². The van der Waals surface area contributed by atoms with Gasteiger partial charge in [0.1, 0.15) is 0 Å². The summed E-state index contributed by atoms with van der Waals surface area (Å²) in [6.45, 7) is 9.49. The van der Waals surface area contributed by atoms with Crippen molar-refractivity contribution in [3.8, 4) is 0 Å². The predicted octanol–water partition coefficient (Wildman–Crippen LogP) is 2.57. The maximum absolute atomic E-state index is 12.4. The Morgan fingerprint density at radius 3 is 2.52 bits per heavy atom. The number of benzene rings is 1. The fraction of sp³-hybridized carbons (Fsp3) is 0.625. The number of sulfonamides is 1. The second kappa shape index (κ2) is 6.07. The molecule has 1 aromatic carbocycles. The Kier molecular flexibility index (Phi) is 4.76. The van der Waals surface area contributed by atoms with Crippen LogP contribution in [0.3, 0.4) is 0 Å². The van der Waals surface area contributed by atoms with E-state index < -0.39 is 10.0 Å². The molecule has 1 fully saturated rings. The van der Waals surface area contributed by atoms with Gasteiger partial charge in [0.25, 0.3) is 0 Å². The summed E-state index contributed by atoms with van der Waals surface area (Å²) < 4.78 is 27.5. The molecule has 1 aliphatic carbocycles. The third kappa shape index (κ3) is 4.53. The summed E-state index contributed by atoms with van der Waals surface area (Å²) in [7, 11) is -3.41. The monoisotopic (exact) mass is 310 g/mol. The molecular formula is C16H26N2O2S. The lowest BCUT2D eigenvalue weighted by Gasteiger charge is -2.14. The summed E-state index contributed by atoms with van der Waals surface area (Å²) in [4.78, 5) is 0.359. The second-order valence-electron chi connectivity index (χ2n) is 6.76. The first-order chi connectivity index (χ1) is 9.72. The fourth-order valence-corrected chi connectivity index (χ4v) is 3.31. The molecule has 2 N–H and O–H groups in total. The van der Waals surface area contributed by atoms with Gasteiger partial charge in [0.2, 0.25) is 10.0 Å². The van der Waals surface area contributed by atoms with Gasteiger partial charge in [0.15, 0.2) is 0 Å². The predicted molar refractivity (Wildman–Crippen MR) is 85.7 cm³/mol. The molecule has 0 radical (unpaired) electrons. The third-order valence-electron chi connectivity index (χ3n) is 4.12. The zero-order valence-corrected chi connectivity index (χ0v) is 14.2. The summed E-state index contributed by atoms with van der Waals surface area (Å²) in [6.07, 6.45) is 2.21. The van der Waals surface area contributed by atoms with Crippen LogP contribution >= 0.6 is 0 Å². The maximum Gasteiger partial charge on any atom is 0.240 e. The number of hydrogen-bond donors (Lipinski definition) is 2. The molecule has 0 saturated heterocycles. The van der Waals surface area contributed by atoms with E-state index in [1.165, 1.54) is 0 Å². The van der Waals surface area contributed by atoms with Gasteiger partial charge in [-0.15, -0.1) is 0 Å². The SMILES string of the molecule is Cc1ccc(S(=O)(=O)NCC2(C)CC2)cc1CNC(C)C.